The van der Waals surface area contributed by atoms with Crippen molar-refractivity contribution in [1.29, 1.82) is 0 Å². The minimum absolute atomic E-state index is 0.0974. The van der Waals surface area contributed by atoms with Crippen molar-refractivity contribution in [1.82, 2.24) is 14.5 Å². The van der Waals surface area contributed by atoms with Crippen LogP contribution in [0.5, 0.6) is 0 Å². The predicted molar refractivity (Wildman–Crippen MR) is 92.1 cm³/mol. The number of aromatic amines is 1. The third-order valence-electron chi connectivity index (χ3n) is 4.10. The predicted octanol–water partition coefficient (Wildman–Crippen LogP) is 4.52. The van der Waals surface area contributed by atoms with Gasteiger partial charge >= 0.3 is 0 Å². The third-order valence-corrected chi connectivity index (χ3v) is 4.10. The molecular weight excluding hydrogens is 282 g/mol. The molecule has 0 saturated heterocycles. The topological polar surface area (TPSA) is 33.6 Å². The lowest BCUT2D eigenvalue weighted by atomic mass is 9.94. The van der Waals surface area contributed by atoms with Gasteiger partial charge < -0.3 is 9.55 Å². The van der Waals surface area contributed by atoms with E-state index in [1.807, 2.05) is 30.9 Å². The maximum absolute atomic E-state index is 4.23. The SMILES string of the molecule is c1ccc(-c2c[nH]cc2C(c2ccccc2)n2ccnc2)cc1. The molecule has 0 saturated carbocycles. The molecule has 0 bridgehead atoms. The molecule has 0 spiro atoms. The second-order valence-electron chi connectivity index (χ2n) is 5.51. The van der Waals surface area contributed by atoms with Crippen LogP contribution in [0.3, 0.4) is 0 Å². The molecule has 4 rings (SSSR count). The number of H-pyrrole nitrogens is 1. The van der Waals surface area contributed by atoms with Crippen LogP contribution in [-0.2, 0) is 0 Å². The molecule has 1 unspecified atom stereocenters. The van der Waals surface area contributed by atoms with Gasteiger partial charge in [-0.05, 0) is 11.1 Å². The molecule has 2 aromatic heterocycles. The van der Waals surface area contributed by atoms with Crippen molar-refractivity contribution in [3.8, 4) is 11.1 Å². The number of hydrogen-bond donors (Lipinski definition) is 1. The number of nitrogens with one attached hydrogen (secondary N) is 1. The lowest BCUT2D eigenvalue weighted by molar-refractivity contribution is 0.679. The third kappa shape index (κ3) is 2.57. The maximum atomic E-state index is 4.23. The summed E-state index contributed by atoms with van der Waals surface area (Å²) in [7, 11) is 0. The first-order valence-electron chi connectivity index (χ1n) is 7.68. The van der Waals surface area contributed by atoms with Crippen molar-refractivity contribution in [3.05, 3.63) is 103 Å². The maximum Gasteiger partial charge on any atom is 0.0954 e. The fourth-order valence-corrected chi connectivity index (χ4v) is 3.04. The van der Waals surface area contributed by atoms with E-state index in [0.717, 1.165) is 0 Å². The fraction of sp³-hybridized carbons (Fsp3) is 0.0500. The summed E-state index contributed by atoms with van der Waals surface area (Å²) in [5.74, 6) is 0. The van der Waals surface area contributed by atoms with E-state index in [0.29, 0.717) is 0 Å². The number of hydrogen-bond acceptors (Lipinski definition) is 1. The Balaban J connectivity index is 1.88. The van der Waals surface area contributed by atoms with Gasteiger partial charge in [0.25, 0.3) is 0 Å². The molecule has 1 N–H and O–H groups in total. The first-order valence-corrected chi connectivity index (χ1v) is 7.68. The highest BCUT2D eigenvalue weighted by molar-refractivity contribution is 5.68. The summed E-state index contributed by atoms with van der Waals surface area (Å²) < 4.78 is 2.14. The molecule has 0 radical (unpaired) electrons. The highest BCUT2D eigenvalue weighted by atomic mass is 15.1. The smallest absolute Gasteiger partial charge is 0.0954 e. The molecule has 0 aliphatic heterocycles. The Morgan fingerprint density at radius 1 is 0.870 bits per heavy atom. The summed E-state index contributed by atoms with van der Waals surface area (Å²) in [6, 6.07) is 21.1. The van der Waals surface area contributed by atoms with E-state index in [4.69, 9.17) is 0 Å². The molecule has 112 valence electrons. The normalized spacial score (nSPS) is 12.2. The Morgan fingerprint density at radius 3 is 2.30 bits per heavy atom. The first kappa shape index (κ1) is 13.6. The second-order valence-corrected chi connectivity index (χ2v) is 5.51. The Bertz CT molecular complexity index is 862. The van der Waals surface area contributed by atoms with Gasteiger partial charge in [0, 0.05) is 35.9 Å². The second kappa shape index (κ2) is 5.97. The molecule has 0 amide bonds. The van der Waals surface area contributed by atoms with E-state index in [9.17, 15) is 0 Å². The van der Waals surface area contributed by atoms with Crippen LogP contribution in [0.1, 0.15) is 17.2 Å². The average molecular weight is 299 g/mol. The highest BCUT2D eigenvalue weighted by Crippen LogP contribution is 2.34. The molecule has 0 aliphatic rings. The van der Waals surface area contributed by atoms with Gasteiger partial charge in [0.15, 0.2) is 0 Å². The van der Waals surface area contributed by atoms with Crippen LogP contribution in [0.4, 0.5) is 0 Å². The van der Waals surface area contributed by atoms with Crippen molar-refractivity contribution in [3.63, 3.8) is 0 Å². The highest BCUT2D eigenvalue weighted by Gasteiger charge is 2.20. The number of aromatic nitrogens is 3. The van der Waals surface area contributed by atoms with Crippen molar-refractivity contribution >= 4 is 0 Å². The summed E-state index contributed by atoms with van der Waals surface area (Å²) in [5.41, 5.74) is 4.90. The van der Waals surface area contributed by atoms with Gasteiger partial charge in [-0.1, -0.05) is 60.7 Å². The minimum Gasteiger partial charge on any atom is -0.367 e. The summed E-state index contributed by atoms with van der Waals surface area (Å²) in [5, 5.41) is 0. The van der Waals surface area contributed by atoms with E-state index >= 15 is 0 Å². The molecule has 23 heavy (non-hydrogen) atoms. The van der Waals surface area contributed by atoms with Crippen LogP contribution in [-0.4, -0.2) is 14.5 Å². The number of nitrogens with zero attached hydrogens (tertiary/aromatic N) is 2. The Labute approximate surface area is 135 Å². The molecule has 0 aliphatic carbocycles. The molecule has 1 atom stereocenters. The van der Waals surface area contributed by atoms with Crippen LogP contribution in [0.25, 0.3) is 11.1 Å². The molecule has 2 heterocycles. The largest absolute Gasteiger partial charge is 0.367 e. The fourth-order valence-electron chi connectivity index (χ4n) is 3.04. The summed E-state index contributed by atoms with van der Waals surface area (Å²) in [6.07, 6.45) is 9.86. The van der Waals surface area contributed by atoms with E-state index in [1.54, 1.807) is 0 Å². The molecule has 3 nitrogen and oxygen atoms in total. The van der Waals surface area contributed by atoms with Crippen molar-refractivity contribution in [2.45, 2.75) is 6.04 Å². The number of imidazole rings is 1. The number of rotatable bonds is 4. The summed E-state index contributed by atoms with van der Waals surface area (Å²) in [6.45, 7) is 0. The molecular formula is C20H17N3. The Morgan fingerprint density at radius 2 is 1.61 bits per heavy atom. The van der Waals surface area contributed by atoms with Crippen LogP contribution in [0, 0.1) is 0 Å². The van der Waals surface area contributed by atoms with E-state index in [-0.39, 0.29) is 6.04 Å². The van der Waals surface area contributed by atoms with E-state index < -0.39 is 0 Å². The molecule has 0 fully saturated rings. The average Bonchev–Trinajstić information content (AvgIpc) is 3.30. The van der Waals surface area contributed by atoms with Gasteiger partial charge in [-0.15, -0.1) is 0 Å². The van der Waals surface area contributed by atoms with Crippen LogP contribution in [0.2, 0.25) is 0 Å². The van der Waals surface area contributed by atoms with Crippen LogP contribution < -0.4 is 0 Å². The van der Waals surface area contributed by atoms with E-state index in [1.165, 1.54) is 22.3 Å². The Kier molecular flexibility index (Phi) is 3.53. The number of benzene rings is 2. The van der Waals surface area contributed by atoms with Crippen molar-refractivity contribution < 1.29 is 0 Å². The Hall–Kier alpha value is -3.07. The minimum atomic E-state index is 0.0974. The zero-order valence-electron chi connectivity index (χ0n) is 12.6. The zero-order chi connectivity index (χ0) is 15.5. The van der Waals surface area contributed by atoms with Gasteiger partial charge in [-0.3, -0.25) is 0 Å². The van der Waals surface area contributed by atoms with Crippen LogP contribution >= 0.6 is 0 Å². The standard InChI is InChI=1S/C20H17N3/c1-3-7-16(8-4-1)18-13-22-14-19(18)20(23-12-11-21-15-23)17-9-5-2-6-10-17/h1-15,20,22H. The zero-order valence-corrected chi connectivity index (χ0v) is 12.6. The molecule has 4 aromatic rings. The van der Waals surface area contributed by atoms with Gasteiger partial charge in [0.1, 0.15) is 0 Å². The van der Waals surface area contributed by atoms with Gasteiger partial charge in [0.05, 0.1) is 12.4 Å². The monoisotopic (exact) mass is 299 g/mol. The summed E-state index contributed by atoms with van der Waals surface area (Å²) >= 11 is 0. The van der Waals surface area contributed by atoms with Gasteiger partial charge in [-0.2, -0.15) is 0 Å². The van der Waals surface area contributed by atoms with Crippen molar-refractivity contribution in [2.75, 3.05) is 0 Å². The molecule has 3 heteroatoms. The van der Waals surface area contributed by atoms with Gasteiger partial charge in [0.2, 0.25) is 0 Å². The van der Waals surface area contributed by atoms with E-state index in [2.05, 4.69) is 75.5 Å². The summed E-state index contributed by atoms with van der Waals surface area (Å²) in [4.78, 5) is 7.51. The lowest BCUT2D eigenvalue weighted by Crippen LogP contribution is -2.10. The van der Waals surface area contributed by atoms with Crippen molar-refractivity contribution in [2.24, 2.45) is 0 Å². The lowest BCUT2D eigenvalue weighted by Gasteiger charge is -2.20. The molecule has 2 aromatic carbocycles. The first-order chi connectivity index (χ1) is 11.4. The van der Waals surface area contributed by atoms with Crippen LogP contribution in [0.15, 0.2) is 91.8 Å². The quantitative estimate of drug-likeness (QED) is 0.591. The van der Waals surface area contributed by atoms with Gasteiger partial charge in [-0.25, -0.2) is 4.98 Å².